The Morgan fingerprint density at radius 1 is 0.967 bits per heavy atom. The molecule has 0 atom stereocenters. The number of rotatable bonds is 6. The molecule has 0 spiro atoms. The average Bonchev–Trinajstić information content (AvgIpc) is 2.77. The second kappa shape index (κ2) is 8.65. The molecule has 0 aliphatic heterocycles. The summed E-state index contributed by atoms with van der Waals surface area (Å²) < 4.78 is 15.6. The highest BCUT2D eigenvalue weighted by atomic mass is 19.1. The van der Waals surface area contributed by atoms with E-state index in [0.29, 0.717) is 25.0 Å². The van der Waals surface area contributed by atoms with Crippen molar-refractivity contribution in [2.24, 2.45) is 0 Å². The van der Waals surface area contributed by atoms with Crippen LogP contribution in [0.4, 0.5) is 4.39 Å². The van der Waals surface area contributed by atoms with Gasteiger partial charge in [0.25, 0.3) is 5.91 Å². The number of benzene rings is 1. The fraction of sp³-hybridized carbons (Fsp3) is 0.130. The minimum absolute atomic E-state index is 0.0168. The molecule has 1 N–H and O–H groups in total. The molecular formula is C23H19FN4O2. The van der Waals surface area contributed by atoms with Gasteiger partial charge in [-0.1, -0.05) is 0 Å². The van der Waals surface area contributed by atoms with Gasteiger partial charge >= 0.3 is 0 Å². The van der Waals surface area contributed by atoms with Crippen LogP contribution in [0.15, 0.2) is 78.2 Å². The summed E-state index contributed by atoms with van der Waals surface area (Å²) in [5.41, 5.74) is 2.03. The van der Waals surface area contributed by atoms with Crippen molar-refractivity contribution in [2.45, 2.75) is 13.0 Å². The first-order valence-corrected chi connectivity index (χ1v) is 9.50. The standard InChI is InChI=1S/C23H19FN4O2/c24-18-1-2-21-19(13-18)22(29)20(15-28(21)14-17-5-10-26-11-6-17)23(30)27-12-7-16-3-8-25-9-4-16/h1-6,8-11,13,15H,7,12,14H2,(H,27,30). The molecule has 30 heavy (non-hydrogen) atoms. The van der Waals surface area contributed by atoms with Gasteiger partial charge in [-0.05, 0) is 60.0 Å². The number of aromatic nitrogens is 3. The Labute approximate surface area is 172 Å². The molecular weight excluding hydrogens is 383 g/mol. The number of hydrogen-bond donors (Lipinski definition) is 1. The number of pyridine rings is 3. The molecule has 3 heterocycles. The van der Waals surface area contributed by atoms with Gasteiger partial charge in [-0.25, -0.2) is 4.39 Å². The van der Waals surface area contributed by atoms with Gasteiger partial charge in [0.2, 0.25) is 5.43 Å². The van der Waals surface area contributed by atoms with E-state index in [1.165, 1.54) is 18.3 Å². The predicted molar refractivity (Wildman–Crippen MR) is 112 cm³/mol. The molecule has 1 amide bonds. The molecule has 0 fully saturated rings. The van der Waals surface area contributed by atoms with Crippen molar-refractivity contribution in [1.82, 2.24) is 19.9 Å². The minimum atomic E-state index is -0.523. The number of amides is 1. The summed E-state index contributed by atoms with van der Waals surface area (Å²) in [4.78, 5) is 33.6. The number of nitrogens with one attached hydrogen (secondary N) is 1. The summed E-state index contributed by atoms with van der Waals surface area (Å²) in [5, 5.41) is 2.95. The number of carbonyl (C=O) groups excluding carboxylic acids is 1. The summed E-state index contributed by atoms with van der Waals surface area (Å²) in [5.74, 6) is -1.01. The SMILES string of the molecule is O=C(NCCc1ccncc1)c1cn(Cc2ccncc2)c2ccc(F)cc2c1=O. The largest absolute Gasteiger partial charge is 0.352 e. The third kappa shape index (κ3) is 4.25. The van der Waals surface area contributed by atoms with Crippen LogP contribution in [0.2, 0.25) is 0 Å². The zero-order chi connectivity index (χ0) is 20.9. The molecule has 3 aromatic heterocycles. The lowest BCUT2D eigenvalue weighted by Crippen LogP contribution is -2.31. The molecule has 7 heteroatoms. The van der Waals surface area contributed by atoms with Gasteiger partial charge < -0.3 is 9.88 Å². The lowest BCUT2D eigenvalue weighted by Gasteiger charge is -2.14. The highest BCUT2D eigenvalue weighted by molar-refractivity contribution is 5.97. The van der Waals surface area contributed by atoms with E-state index >= 15 is 0 Å². The highest BCUT2D eigenvalue weighted by Crippen LogP contribution is 2.16. The van der Waals surface area contributed by atoms with Crippen molar-refractivity contribution >= 4 is 16.8 Å². The van der Waals surface area contributed by atoms with Crippen LogP contribution in [0.3, 0.4) is 0 Å². The Balaban J connectivity index is 1.65. The molecule has 6 nitrogen and oxygen atoms in total. The van der Waals surface area contributed by atoms with Gasteiger partial charge in [0.15, 0.2) is 0 Å². The lowest BCUT2D eigenvalue weighted by molar-refractivity contribution is 0.0952. The van der Waals surface area contributed by atoms with Crippen molar-refractivity contribution in [2.75, 3.05) is 6.54 Å². The van der Waals surface area contributed by atoms with E-state index in [-0.39, 0.29) is 10.9 Å². The van der Waals surface area contributed by atoms with E-state index < -0.39 is 17.2 Å². The molecule has 0 bridgehead atoms. The monoisotopic (exact) mass is 402 g/mol. The van der Waals surface area contributed by atoms with Gasteiger partial charge in [0, 0.05) is 49.5 Å². The third-order valence-corrected chi connectivity index (χ3v) is 4.84. The number of carbonyl (C=O) groups is 1. The van der Waals surface area contributed by atoms with E-state index in [0.717, 1.165) is 11.1 Å². The van der Waals surface area contributed by atoms with Crippen LogP contribution in [-0.4, -0.2) is 27.0 Å². The Morgan fingerprint density at radius 3 is 2.33 bits per heavy atom. The van der Waals surface area contributed by atoms with Crippen LogP contribution in [0.25, 0.3) is 10.9 Å². The summed E-state index contributed by atoms with van der Waals surface area (Å²) >= 11 is 0. The maximum Gasteiger partial charge on any atom is 0.256 e. The molecule has 4 aromatic rings. The normalized spacial score (nSPS) is 10.8. The predicted octanol–water partition coefficient (Wildman–Crippen LogP) is 2.95. The van der Waals surface area contributed by atoms with Crippen LogP contribution < -0.4 is 10.7 Å². The van der Waals surface area contributed by atoms with Crippen molar-refractivity contribution in [3.05, 3.63) is 106 Å². The summed E-state index contributed by atoms with van der Waals surface area (Å²) in [6, 6.07) is 11.5. The topological polar surface area (TPSA) is 76.9 Å². The molecule has 1 aromatic carbocycles. The smallest absolute Gasteiger partial charge is 0.256 e. The van der Waals surface area contributed by atoms with Gasteiger partial charge in [-0.2, -0.15) is 0 Å². The van der Waals surface area contributed by atoms with E-state index in [1.807, 2.05) is 24.3 Å². The molecule has 0 unspecified atom stereocenters. The number of nitrogens with zero attached hydrogens (tertiary/aromatic N) is 3. The first-order valence-electron chi connectivity index (χ1n) is 9.50. The highest BCUT2D eigenvalue weighted by Gasteiger charge is 2.16. The van der Waals surface area contributed by atoms with Crippen molar-refractivity contribution < 1.29 is 9.18 Å². The fourth-order valence-corrected chi connectivity index (χ4v) is 3.31. The van der Waals surface area contributed by atoms with E-state index in [1.54, 1.807) is 35.4 Å². The van der Waals surface area contributed by atoms with E-state index in [2.05, 4.69) is 15.3 Å². The number of fused-ring (bicyclic) bond motifs is 1. The average molecular weight is 402 g/mol. The molecule has 0 aliphatic rings. The van der Waals surface area contributed by atoms with E-state index in [9.17, 15) is 14.0 Å². The Hall–Kier alpha value is -3.87. The quantitative estimate of drug-likeness (QED) is 0.538. The Bertz CT molecular complexity index is 1240. The maximum absolute atomic E-state index is 13.8. The third-order valence-electron chi connectivity index (χ3n) is 4.84. The van der Waals surface area contributed by atoms with Gasteiger partial charge in [-0.15, -0.1) is 0 Å². The molecule has 150 valence electrons. The van der Waals surface area contributed by atoms with Crippen molar-refractivity contribution in [1.29, 1.82) is 0 Å². The van der Waals surface area contributed by atoms with Crippen LogP contribution in [0.1, 0.15) is 21.5 Å². The van der Waals surface area contributed by atoms with Crippen LogP contribution >= 0.6 is 0 Å². The fourth-order valence-electron chi connectivity index (χ4n) is 3.31. The minimum Gasteiger partial charge on any atom is -0.352 e. The Kier molecular flexibility index (Phi) is 5.61. The van der Waals surface area contributed by atoms with Crippen molar-refractivity contribution in [3.8, 4) is 0 Å². The van der Waals surface area contributed by atoms with Crippen LogP contribution in [0, 0.1) is 5.82 Å². The van der Waals surface area contributed by atoms with Gasteiger partial charge in [-0.3, -0.25) is 19.6 Å². The maximum atomic E-state index is 13.8. The molecule has 0 saturated carbocycles. The summed E-state index contributed by atoms with van der Waals surface area (Å²) in [6.45, 7) is 0.788. The molecule has 0 radical (unpaired) electrons. The Morgan fingerprint density at radius 2 is 1.63 bits per heavy atom. The zero-order valence-electron chi connectivity index (χ0n) is 16.1. The van der Waals surface area contributed by atoms with Gasteiger partial charge in [0.1, 0.15) is 11.4 Å². The lowest BCUT2D eigenvalue weighted by atomic mass is 10.1. The number of hydrogen-bond acceptors (Lipinski definition) is 4. The summed E-state index contributed by atoms with van der Waals surface area (Å²) in [6.07, 6.45) is 8.87. The molecule has 0 saturated heterocycles. The van der Waals surface area contributed by atoms with Gasteiger partial charge in [0.05, 0.1) is 5.52 Å². The second-order valence-corrected chi connectivity index (χ2v) is 6.88. The summed E-state index contributed by atoms with van der Waals surface area (Å²) in [7, 11) is 0. The van der Waals surface area contributed by atoms with Crippen LogP contribution in [-0.2, 0) is 13.0 Å². The molecule has 0 aliphatic carbocycles. The first-order chi connectivity index (χ1) is 14.6. The number of halogens is 1. The second-order valence-electron chi connectivity index (χ2n) is 6.88. The van der Waals surface area contributed by atoms with Crippen molar-refractivity contribution in [3.63, 3.8) is 0 Å². The molecule has 4 rings (SSSR count). The zero-order valence-corrected chi connectivity index (χ0v) is 16.1. The first kappa shape index (κ1) is 19.4. The van der Waals surface area contributed by atoms with E-state index in [4.69, 9.17) is 0 Å². The van der Waals surface area contributed by atoms with Crippen LogP contribution in [0.5, 0.6) is 0 Å².